The van der Waals surface area contributed by atoms with Gasteiger partial charge in [-0.3, -0.25) is 0 Å². The molecule has 0 spiro atoms. The summed E-state index contributed by atoms with van der Waals surface area (Å²) in [5.41, 5.74) is 3.45. The van der Waals surface area contributed by atoms with Crippen LogP contribution in [0.5, 0.6) is 0 Å². The number of piperazine rings is 1. The fourth-order valence-electron chi connectivity index (χ4n) is 4.04. The van der Waals surface area contributed by atoms with E-state index in [1.54, 1.807) is 0 Å². The van der Waals surface area contributed by atoms with Crippen LogP contribution < -0.4 is 10.2 Å². The molecule has 3 fully saturated rings. The number of ether oxygens (including phenoxy) is 1. The van der Waals surface area contributed by atoms with Crippen LogP contribution in [0.2, 0.25) is 0 Å². The van der Waals surface area contributed by atoms with E-state index >= 15 is 0 Å². The number of rotatable bonds is 3. The Balaban J connectivity index is 1.19. The Labute approximate surface area is 159 Å². The van der Waals surface area contributed by atoms with E-state index in [4.69, 9.17) is 9.72 Å². The first kappa shape index (κ1) is 16.9. The monoisotopic (exact) mass is 369 g/mol. The number of imidazole rings is 1. The zero-order valence-corrected chi connectivity index (χ0v) is 15.6. The van der Waals surface area contributed by atoms with E-state index < -0.39 is 0 Å². The number of hydrogen-bond donors (Lipinski definition) is 1. The summed E-state index contributed by atoms with van der Waals surface area (Å²) in [6.07, 6.45) is 8.72. The normalized spacial score (nSPS) is 21.6. The highest BCUT2D eigenvalue weighted by atomic mass is 16.5. The number of fused-ring (bicyclic) bond motifs is 1. The lowest BCUT2D eigenvalue weighted by Gasteiger charge is -2.37. The second-order valence-electron chi connectivity index (χ2n) is 7.90. The molecule has 7 nitrogen and oxygen atoms in total. The van der Waals surface area contributed by atoms with Crippen molar-refractivity contribution in [3.05, 3.63) is 30.2 Å². The molecule has 0 radical (unpaired) electrons. The van der Waals surface area contributed by atoms with E-state index in [2.05, 4.69) is 39.1 Å². The molecule has 1 saturated carbocycles. The van der Waals surface area contributed by atoms with Gasteiger partial charge in [-0.25, -0.2) is 9.78 Å². The van der Waals surface area contributed by atoms with Crippen molar-refractivity contribution in [2.45, 2.75) is 37.6 Å². The third-order valence-corrected chi connectivity index (χ3v) is 5.93. The molecule has 3 aliphatic rings. The number of urea groups is 1. The summed E-state index contributed by atoms with van der Waals surface area (Å²) in [7, 11) is 0. The van der Waals surface area contributed by atoms with Gasteiger partial charge >= 0.3 is 6.03 Å². The summed E-state index contributed by atoms with van der Waals surface area (Å²) < 4.78 is 7.51. The quantitative estimate of drug-likeness (QED) is 0.901. The lowest BCUT2D eigenvalue weighted by Crippen LogP contribution is -2.54. The summed E-state index contributed by atoms with van der Waals surface area (Å²) in [6.45, 7) is 4.72. The highest BCUT2D eigenvalue weighted by molar-refractivity contribution is 5.75. The molecule has 27 heavy (non-hydrogen) atoms. The molecule has 144 valence electrons. The third kappa shape index (κ3) is 3.60. The molecule has 1 N–H and O–H groups in total. The predicted molar refractivity (Wildman–Crippen MR) is 103 cm³/mol. The lowest BCUT2D eigenvalue weighted by atomic mass is 10.1. The van der Waals surface area contributed by atoms with Gasteiger partial charge in [-0.05, 0) is 37.8 Å². The molecule has 7 heteroatoms. The molecular weight excluding hydrogens is 342 g/mol. The number of hydrogen-bond acceptors (Lipinski definition) is 4. The van der Waals surface area contributed by atoms with Crippen molar-refractivity contribution in [2.24, 2.45) is 0 Å². The average molecular weight is 369 g/mol. The Bertz CT molecular complexity index is 817. The fraction of sp³-hybridized carbons (Fsp3) is 0.600. The predicted octanol–water partition coefficient (Wildman–Crippen LogP) is 2.22. The molecule has 2 aliphatic heterocycles. The number of nitrogens with zero attached hydrogens (tertiary/aromatic N) is 4. The zero-order chi connectivity index (χ0) is 18.2. The van der Waals surface area contributed by atoms with Gasteiger partial charge in [-0.2, -0.15) is 0 Å². The molecule has 0 aromatic carbocycles. The van der Waals surface area contributed by atoms with Gasteiger partial charge in [-0.1, -0.05) is 0 Å². The van der Waals surface area contributed by atoms with Crippen molar-refractivity contribution < 1.29 is 9.53 Å². The molecule has 2 amide bonds. The van der Waals surface area contributed by atoms with Crippen LogP contribution in [0.25, 0.3) is 5.65 Å². The Morgan fingerprint density at radius 3 is 2.56 bits per heavy atom. The number of carbonyl (C=O) groups excluding carboxylic acids is 1. The maximum absolute atomic E-state index is 12.5. The molecule has 2 aromatic rings. The molecule has 5 rings (SSSR count). The van der Waals surface area contributed by atoms with E-state index in [-0.39, 0.29) is 12.1 Å². The van der Waals surface area contributed by atoms with Gasteiger partial charge in [0.15, 0.2) is 0 Å². The van der Waals surface area contributed by atoms with E-state index in [1.165, 1.54) is 24.2 Å². The molecule has 0 bridgehead atoms. The standard InChI is InChI=1S/C20H27N5O2/c26-20(21-16-5-11-27-12-6-16)24-9-7-23(8-10-24)17-3-4-19-22-18(15-1-2-15)14-25(19)13-17/h3-4,13-16H,1-2,5-12H2,(H,21,26). The van der Waals surface area contributed by atoms with Crippen LogP contribution >= 0.6 is 0 Å². The van der Waals surface area contributed by atoms with Gasteiger partial charge in [0, 0.05) is 63.7 Å². The van der Waals surface area contributed by atoms with Crippen LogP contribution in [-0.4, -0.2) is 65.8 Å². The maximum Gasteiger partial charge on any atom is 0.317 e. The topological polar surface area (TPSA) is 62.1 Å². The molecule has 1 aliphatic carbocycles. The van der Waals surface area contributed by atoms with E-state index in [9.17, 15) is 4.79 Å². The van der Waals surface area contributed by atoms with Crippen LogP contribution in [0.3, 0.4) is 0 Å². The van der Waals surface area contributed by atoms with Crippen molar-refractivity contribution >= 4 is 17.4 Å². The van der Waals surface area contributed by atoms with Crippen molar-refractivity contribution in [3.8, 4) is 0 Å². The summed E-state index contributed by atoms with van der Waals surface area (Å²) in [5.74, 6) is 0.672. The van der Waals surface area contributed by atoms with Crippen LogP contribution in [0.4, 0.5) is 10.5 Å². The number of nitrogens with one attached hydrogen (secondary N) is 1. The van der Waals surface area contributed by atoms with Gasteiger partial charge in [0.1, 0.15) is 5.65 Å². The van der Waals surface area contributed by atoms with Gasteiger partial charge < -0.3 is 24.3 Å². The molecule has 0 atom stereocenters. The smallest absolute Gasteiger partial charge is 0.317 e. The number of amides is 2. The average Bonchev–Trinajstić information content (AvgIpc) is 3.47. The van der Waals surface area contributed by atoms with E-state index in [0.717, 1.165) is 57.9 Å². The van der Waals surface area contributed by atoms with Crippen molar-refractivity contribution in [1.29, 1.82) is 0 Å². The third-order valence-electron chi connectivity index (χ3n) is 5.93. The molecule has 0 unspecified atom stereocenters. The maximum atomic E-state index is 12.5. The highest BCUT2D eigenvalue weighted by Crippen LogP contribution is 2.39. The van der Waals surface area contributed by atoms with Crippen molar-refractivity contribution in [1.82, 2.24) is 19.6 Å². The van der Waals surface area contributed by atoms with Gasteiger partial charge in [0.05, 0.1) is 11.4 Å². The largest absolute Gasteiger partial charge is 0.381 e. The summed E-state index contributed by atoms with van der Waals surface area (Å²) in [5, 5.41) is 3.16. The lowest BCUT2D eigenvalue weighted by molar-refractivity contribution is 0.0779. The van der Waals surface area contributed by atoms with Crippen LogP contribution in [0.1, 0.15) is 37.3 Å². The number of carbonyl (C=O) groups is 1. The Hall–Kier alpha value is -2.28. The van der Waals surface area contributed by atoms with Crippen molar-refractivity contribution in [3.63, 3.8) is 0 Å². The minimum absolute atomic E-state index is 0.0701. The SMILES string of the molecule is O=C(NC1CCOCC1)N1CCN(c2ccc3nc(C4CC4)cn3c2)CC1. The Morgan fingerprint density at radius 2 is 1.81 bits per heavy atom. The summed E-state index contributed by atoms with van der Waals surface area (Å²) >= 11 is 0. The Morgan fingerprint density at radius 1 is 1.04 bits per heavy atom. The van der Waals surface area contributed by atoms with E-state index in [0.29, 0.717) is 5.92 Å². The molecule has 2 aromatic heterocycles. The van der Waals surface area contributed by atoms with Crippen LogP contribution in [-0.2, 0) is 4.74 Å². The molecule has 2 saturated heterocycles. The van der Waals surface area contributed by atoms with Crippen molar-refractivity contribution in [2.75, 3.05) is 44.3 Å². The van der Waals surface area contributed by atoms with Crippen LogP contribution in [0, 0.1) is 0 Å². The highest BCUT2D eigenvalue weighted by Gasteiger charge is 2.27. The van der Waals surface area contributed by atoms with Gasteiger partial charge in [0.2, 0.25) is 0 Å². The van der Waals surface area contributed by atoms with Gasteiger partial charge in [0.25, 0.3) is 0 Å². The van der Waals surface area contributed by atoms with Gasteiger partial charge in [-0.15, -0.1) is 0 Å². The fourth-order valence-corrected chi connectivity index (χ4v) is 4.04. The van der Waals surface area contributed by atoms with Crippen LogP contribution in [0.15, 0.2) is 24.5 Å². The van der Waals surface area contributed by atoms with E-state index in [1.807, 2.05) is 4.90 Å². The zero-order valence-electron chi connectivity index (χ0n) is 15.6. The summed E-state index contributed by atoms with van der Waals surface area (Å²) in [6, 6.07) is 4.58. The second-order valence-corrected chi connectivity index (χ2v) is 7.90. The first-order valence-electron chi connectivity index (χ1n) is 10.1. The molecular formula is C20H27N5O2. The first-order chi connectivity index (χ1) is 13.3. The Kier molecular flexibility index (Phi) is 4.39. The second kappa shape index (κ2) is 7.03. The first-order valence-corrected chi connectivity index (χ1v) is 10.1. The number of pyridine rings is 1. The number of aromatic nitrogens is 2. The minimum Gasteiger partial charge on any atom is -0.381 e. The summed E-state index contributed by atoms with van der Waals surface area (Å²) in [4.78, 5) is 21.5. The molecule has 4 heterocycles. The number of anilines is 1. The minimum atomic E-state index is 0.0701.